The summed E-state index contributed by atoms with van der Waals surface area (Å²) < 4.78 is 12.5. The average molecular weight is 465 g/mol. The highest BCUT2D eigenvalue weighted by Crippen LogP contribution is 2.39. The number of hydrogen-bond acceptors (Lipinski definition) is 9. The molecule has 0 radical (unpaired) electrons. The molecule has 0 atom stereocenters. The molecule has 5 aromatic rings. The number of fused-ring (bicyclic) bond motifs is 1. The maximum absolute atomic E-state index is 6.16. The third kappa shape index (κ3) is 4.48. The van der Waals surface area contributed by atoms with E-state index in [9.17, 15) is 0 Å². The van der Waals surface area contributed by atoms with E-state index in [1.54, 1.807) is 30.2 Å². The number of methoxy groups -OCH3 is 1. The van der Waals surface area contributed by atoms with Crippen molar-refractivity contribution in [1.82, 2.24) is 15.0 Å². The average Bonchev–Trinajstić information content (AvgIpc) is 3.46. The van der Waals surface area contributed by atoms with Gasteiger partial charge in [0.2, 0.25) is 5.88 Å². The second kappa shape index (κ2) is 8.93. The number of aromatic nitrogens is 3. The van der Waals surface area contributed by atoms with Gasteiger partial charge in [-0.2, -0.15) is 4.98 Å². The van der Waals surface area contributed by atoms with Crippen LogP contribution >= 0.6 is 34.4 Å². The highest BCUT2D eigenvalue weighted by atomic mass is 32.2. The molecule has 1 aromatic carbocycles. The zero-order valence-corrected chi connectivity index (χ0v) is 18.8. The first-order valence-electron chi connectivity index (χ1n) is 9.28. The molecule has 9 heteroatoms. The second-order valence-electron chi connectivity index (χ2n) is 6.30. The van der Waals surface area contributed by atoms with Gasteiger partial charge in [0.25, 0.3) is 0 Å². The molecule has 1 N–H and O–H groups in total. The number of hydrogen-bond donors (Lipinski definition) is 1. The molecule has 0 fully saturated rings. The molecular formula is C22H16N4O2S3. The number of nitrogens with zero attached hydrogens (tertiary/aromatic N) is 3. The highest BCUT2D eigenvalue weighted by molar-refractivity contribution is 7.99. The zero-order valence-electron chi connectivity index (χ0n) is 16.3. The number of anilines is 2. The minimum absolute atomic E-state index is 0.558. The molecule has 0 spiro atoms. The molecule has 0 unspecified atom stereocenters. The quantitative estimate of drug-likeness (QED) is 0.283. The number of thiazole rings is 1. The second-order valence-corrected chi connectivity index (χ2v) is 9.19. The lowest BCUT2D eigenvalue weighted by Gasteiger charge is -2.12. The fourth-order valence-electron chi connectivity index (χ4n) is 2.84. The van der Waals surface area contributed by atoms with Gasteiger partial charge in [-0.15, -0.1) is 22.7 Å². The van der Waals surface area contributed by atoms with Crippen molar-refractivity contribution in [1.29, 1.82) is 0 Å². The Labute approximate surface area is 190 Å². The zero-order chi connectivity index (χ0) is 21.0. The molecule has 0 aliphatic carbocycles. The Morgan fingerprint density at radius 2 is 1.94 bits per heavy atom. The van der Waals surface area contributed by atoms with Crippen LogP contribution in [-0.4, -0.2) is 22.1 Å². The summed E-state index contributed by atoms with van der Waals surface area (Å²) >= 11 is 4.76. The van der Waals surface area contributed by atoms with E-state index in [2.05, 4.69) is 25.6 Å². The van der Waals surface area contributed by atoms with Crippen molar-refractivity contribution < 1.29 is 9.47 Å². The van der Waals surface area contributed by atoms with Gasteiger partial charge in [-0.1, -0.05) is 30.0 Å². The third-order valence-electron chi connectivity index (χ3n) is 4.25. The minimum Gasteiger partial charge on any atom is -0.480 e. The van der Waals surface area contributed by atoms with Crippen molar-refractivity contribution >= 4 is 55.6 Å². The highest BCUT2D eigenvalue weighted by Gasteiger charge is 2.13. The lowest BCUT2D eigenvalue weighted by atomic mass is 10.3. The Bertz CT molecular complexity index is 1320. The summed E-state index contributed by atoms with van der Waals surface area (Å²) in [7, 11) is 1.59. The molecule has 0 amide bonds. The van der Waals surface area contributed by atoms with E-state index in [0.29, 0.717) is 22.6 Å². The van der Waals surface area contributed by atoms with Gasteiger partial charge in [0, 0.05) is 28.3 Å². The number of thiophene rings is 1. The van der Waals surface area contributed by atoms with Crippen LogP contribution in [-0.2, 0) is 0 Å². The van der Waals surface area contributed by atoms with Crippen LogP contribution in [0.5, 0.6) is 17.4 Å². The molecule has 5 rings (SSSR count). The number of nitrogens with one attached hydrogen (secondary N) is 1. The molecule has 0 saturated carbocycles. The summed E-state index contributed by atoms with van der Waals surface area (Å²) in [6, 6.07) is 15.7. The van der Waals surface area contributed by atoms with Gasteiger partial charge in [0.15, 0.2) is 16.7 Å². The predicted molar refractivity (Wildman–Crippen MR) is 126 cm³/mol. The fraction of sp³-hybridized carbons (Fsp3) is 0.0455. The standard InChI is InChI=1S/C22H16N4O2S3/c1-27-19-13-30-22(25-19)26-21-17(28-14-5-3-2-4-6-14)11-15(12-24-21)31-18-7-9-23-16-8-10-29-20(16)18/h2-13H,1H3,(H,24,25,26). The summed E-state index contributed by atoms with van der Waals surface area (Å²) in [5.41, 5.74) is 1.000. The molecule has 0 saturated heterocycles. The van der Waals surface area contributed by atoms with Crippen LogP contribution in [0.2, 0.25) is 0 Å². The van der Waals surface area contributed by atoms with Crippen LogP contribution in [0.1, 0.15) is 0 Å². The molecule has 31 heavy (non-hydrogen) atoms. The first kappa shape index (κ1) is 19.8. The van der Waals surface area contributed by atoms with Crippen molar-refractivity contribution in [3.63, 3.8) is 0 Å². The lowest BCUT2D eigenvalue weighted by molar-refractivity contribution is 0.401. The van der Waals surface area contributed by atoms with E-state index in [4.69, 9.17) is 9.47 Å². The van der Waals surface area contributed by atoms with E-state index in [0.717, 1.165) is 25.8 Å². The normalized spacial score (nSPS) is 10.9. The molecule has 6 nitrogen and oxygen atoms in total. The Morgan fingerprint density at radius 1 is 1.03 bits per heavy atom. The largest absolute Gasteiger partial charge is 0.480 e. The van der Waals surface area contributed by atoms with Gasteiger partial charge < -0.3 is 14.8 Å². The van der Waals surface area contributed by atoms with E-state index in [1.807, 2.05) is 66.3 Å². The van der Waals surface area contributed by atoms with E-state index < -0.39 is 0 Å². The topological polar surface area (TPSA) is 69.2 Å². The molecule has 0 aliphatic heterocycles. The van der Waals surface area contributed by atoms with Crippen LogP contribution in [0.3, 0.4) is 0 Å². The van der Waals surface area contributed by atoms with Crippen molar-refractivity contribution in [3.05, 3.63) is 71.7 Å². The van der Waals surface area contributed by atoms with Gasteiger partial charge in [-0.25, -0.2) is 4.98 Å². The van der Waals surface area contributed by atoms with Crippen molar-refractivity contribution in [2.75, 3.05) is 12.4 Å². The van der Waals surface area contributed by atoms with Crippen LogP contribution in [0.25, 0.3) is 10.2 Å². The number of rotatable bonds is 7. The Kier molecular flexibility index (Phi) is 5.70. The Morgan fingerprint density at radius 3 is 2.77 bits per heavy atom. The summed E-state index contributed by atoms with van der Waals surface area (Å²) in [4.78, 5) is 15.5. The van der Waals surface area contributed by atoms with Crippen LogP contribution < -0.4 is 14.8 Å². The smallest absolute Gasteiger partial charge is 0.226 e. The monoisotopic (exact) mass is 464 g/mol. The molecule has 4 heterocycles. The predicted octanol–water partition coefficient (Wildman–Crippen LogP) is 6.84. The van der Waals surface area contributed by atoms with E-state index in [-0.39, 0.29) is 0 Å². The van der Waals surface area contributed by atoms with Crippen LogP contribution in [0.15, 0.2) is 81.5 Å². The number of pyridine rings is 2. The molecular weight excluding hydrogens is 448 g/mol. The van der Waals surface area contributed by atoms with Crippen LogP contribution in [0, 0.1) is 0 Å². The van der Waals surface area contributed by atoms with E-state index in [1.165, 1.54) is 11.3 Å². The number of ether oxygens (including phenoxy) is 2. The van der Waals surface area contributed by atoms with Gasteiger partial charge in [-0.3, -0.25) is 4.98 Å². The van der Waals surface area contributed by atoms with Gasteiger partial charge >= 0.3 is 0 Å². The molecule has 4 aromatic heterocycles. The Balaban J connectivity index is 1.48. The molecule has 154 valence electrons. The summed E-state index contributed by atoms with van der Waals surface area (Å²) in [6.45, 7) is 0. The molecule has 0 aliphatic rings. The maximum atomic E-state index is 6.16. The first-order chi connectivity index (χ1) is 15.3. The summed E-state index contributed by atoms with van der Waals surface area (Å²) in [6.07, 6.45) is 3.66. The number of para-hydroxylation sites is 1. The fourth-order valence-corrected chi connectivity index (χ4v) is 5.38. The maximum Gasteiger partial charge on any atom is 0.226 e. The van der Waals surface area contributed by atoms with Crippen molar-refractivity contribution in [3.8, 4) is 17.4 Å². The van der Waals surface area contributed by atoms with Gasteiger partial charge in [0.1, 0.15) is 5.75 Å². The number of benzene rings is 1. The van der Waals surface area contributed by atoms with E-state index >= 15 is 0 Å². The van der Waals surface area contributed by atoms with Crippen molar-refractivity contribution in [2.24, 2.45) is 0 Å². The van der Waals surface area contributed by atoms with Crippen molar-refractivity contribution in [2.45, 2.75) is 9.79 Å². The summed E-state index contributed by atoms with van der Waals surface area (Å²) in [5, 5.41) is 7.80. The van der Waals surface area contributed by atoms with Crippen LogP contribution in [0.4, 0.5) is 10.9 Å². The first-order valence-corrected chi connectivity index (χ1v) is 11.9. The Hall–Kier alpha value is -3.14. The summed E-state index contributed by atoms with van der Waals surface area (Å²) in [5.74, 6) is 2.49. The SMILES string of the molecule is COc1csc(Nc2ncc(Sc3ccnc4ccsc34)cc2Oc2ccccc2)n1. The third-order valence-corrected chi connectivity index (χ3v) is 7.07. The van der Waals surface area contributed by atoms with Gasteiger partial charge in [-0.05, 0) is 29.6 Å². The minimum atomic E-state index is 0.558. The molecule has 0 bridgehead atoms. The van der Waals surface area contributed by atoms with Gasteiger partial charge in [0.05, 0.1) is 22.7 Å². The lowest BCUT2D eigenvalue weighted by Crippen LogP contribution is -1.98.